The van der Waals surface area contributed by atoms with Crippen LogP contribution in [0.2, 0.25) is 0 Å². The van der Waals surface area contributed by atoms with Gasteiger partial charge in [0.25, 0.3) is 5.56 Å². The number of aryl methyl sites for hydroxylation is 1. The maximum absolute atomic E-state index is 13.0. The molecule has 0 atom stereocenters. The summed E-state index contributed by atoms with van der Waals surface area (Å²) < 4.78 is 11.9. The van der Waals surface area contributed by atoms with Gasteiger partial charge >= 0.3 is 5.97 Å². The minimum absolute atomic E-state index is 0.0717. The first kappa shape index (κ1) is 19.8. The second-order valence-corrected chi connectivity index (χ2v) is 7.22. The molecule has 0 saturated heterocycles. The predicted octanol–water partition coefficient (Wildman–Crippen LogP) is 3.20. The van der Waals surface area contributed by atoms with Crippen LogP contribution in [-0.2, 0) is 11.3 Å². The van der Waals surface area contributed by atoms with E-state index in [0.29, 0.717) is 37.5 Å². The van der Waals surface area contributed by atoms with Gasteiger partial charge in [-0.15, -0.1) is 11.3 Å². The van der Waals surface area contributed by atoms with Crippen molar-refractivity contribution in [2.75, 3.05) is 13.7 Å². The van der Waals surface area contributed by atoms with Gasteiger partial charge in [-0.2, -0.15) is 0 Å². The van der Waals surface area contributed by atoms with Crippen molar-refractivity contribution in [1.82, 2.24) is 9.55 Å². The minimum atomic E-state index is -0.454. The van der Waals surface area contributed by atoms with Crippen LogP contribution in [0, 0.1) is 6.92 Å². The first-order valence-corrected chi connectivity index (χ1v) is 9.52. The Kier molecular flexibility index (Phi) is 5.60. The van der Waals surface area contributed by atoms with Crippen LogP contribution in [0.4, 0.5) is 0 Å². The van der Waals surface area contributed by atoms with Crippen LogP contribution in [0.3, 0.4) is 0 Å². The van der Waals surface area contributed by atoms with E-state index in [0.717, 1.165) is 11.3 Å². The Bertz CT molecular complexity index is 1130. The molecular formula is C20H20N2O5S. The van der Waals surface area contributed by atoms with Gasteiger partial charge in [0.15, 0.2) is 5.78 Å². The molecule has 2 heterocycles. The number of benzene rings is 1. The van der Waals surface area contributed by atoms with Crippen LogP contribution in [0.5, 0.6) is 5.75 Å². The molecule has 7 nitrogen and oxygen atoms in total. The van der Waals surface area contributed by atoms with E-state index < -0.39 is 5.97 Å². The van der Waals surface area contributed by atoms with Crippen molar-refractivity contribution >= 4 is 33.3 Å². The van der Waals surface area contributed by atoms with E-state index in [4.69, 9.17) is 9.47 Å². The maximum atomic E-state index is 13.0. The highest BCUT2D eigenvalue weighted by Crippen LogP contribution is 2.28. The zero-order chi connectivity index (χ0) is 20.4. The summed E-state index contributed by atoms with van der Waals surface area (Å²) in [5, 5.41) is 0.400. The van der Waals surface area contributed by atoms with Gasteiger partial charge in [-0.3, -0.25) is 14.2 Å². The predicted molar refractivity (Wildman–Crippen MR) is 107 cm³/mol. The summed E-state index contributed by atoms with van der Waals surface area (Å²) >= 11 is 1.15. The van der Waals surface area contributed by atoms with E-state index >= 15 is 0 Å². The summed E-state index contributed by atoms with van der Waals surface area (Å²) in [5.41, 5.74) is 1.53. The van der Waals surface area contributed by atoms with E-state index in [2.05, 4.69) is 4.98 Å². The van der Waals surface area contributed by atoms with Crippen LogP contribution in [-0.4, -0.2) is 35.0 Å². The van der Waals surface area contributed by atoms with Gasteiger partial charge in [0, 0.05) is 11.1 Å². The number of hydrogen-bond acceptors (Lipinski definition) is 7. The van der Waals surface area contributed by atoms with Gasteiger partial charge in [-0.25, -0.2) is 9.78 Å². The number of rotatable bonds is 6. The third kappa shape index (κ3) is 3.55. The molecule has 0 bridgehead atoms. The Morgan fingerprint density at radius 1 is 1.29 bits per heavy atom. The lowest BCUT2D eigenvalue weighted by Gasteiger charge is -2.11. The molecule has 1 aromatic carbocycles. The smallest absolute Gasteiger partial charge is 0.348 e. The quantitative estimate of drug-likeness (QED) is 0.466. The van der Waals surface area contributed by atoms with E-state index in [-0.39, 0.29) is 24.5 Å². The number of thiophene rings is 1. The van der Waals surface area contributed by atoms with Crippen LogP contribution in [0.15, 0.2) is 29.3 Å². The van der Waals surface area contributed by atoms with E-state index in [1.54, 1.807) is 32.0 Å². The molecule has 0 aliphatic heterocycles. The molecule has 0 aliphatic rings. The number of nitrogens with zero attached hydrogens (tertiary/aromatic N) is 2. The monoisotopic (exact) mass is 400 g/mol. The maximum Gasteiger partial charge on any atom is 0.348 e. The molecule has 0 fully saturated rings. The van der Waals surface area contributed by atoms with Gasteiger partial charge < -0.3 is 9.47 Å². The summed E-state index contributed by atoms with van der Waals surface area (Å²) in [6.45, 7) is 5.38. The van der Waals surface area contributed by atoms with Crippen molar-refractivity contribution in [1.29, 1.82) is 0 Å². The van der Waals surface area contributed by atoms with Gasteiger partial charge in [-0.05, 0) is 44.5 Å². The van der Waals surface area contributed by atoms with E-state index in [9.17, 15) is 14.4 Å². The molecule has 8 heteroatoms. The normalized spacial score (nSPS) is 10.9. The lowest BCUT2D eigenvalue weighted by molar-refractivity contribution is 0.0531. The Morgan fingerprint density at radius 3 is 2.68 bits per heavy atom. The molecular weight excluding hydrogens is 380 g/mol. The molecule has 0 aliphatic carbocycles. The zero-order valence-electron chi connectivity index (χ0n) is 16.1. The summed E-state index contributed by atoms with van der Waals surface area (Å²) in [5.74, 6) is 0.0496. The van der Waals surface area contributed by atoms with Crippen LogP contribution in [0.1, 0.15) is 45.0 Å². The molecule has 3 aromatic rings. The Morgan fingerprint density at radius 2 is 2.04 bits per heavy atom. The second kappa shape index (κ2) is 7.93. The van der Waals surface area contributed by atoms with Crippen LogP contribution in [0.25, 0.3) is 10.2 Å². The number of aromatic nitrogens is 2. The molecule has 0 spiro atoms. The number of methoxy groups -OCH3 is 1. The molecule has 2 aromatic heterocycles. The van der Waals surface area contributed by atoms with Crippen molar-refractivity contribution < 1.29 is 19.1 Å². The number of Topliss-reactive ketones (excluding diaryl/α,β-unsaturated/α-hetero) is 1. The third-order valence-corrected chi connectivity index (χ3v) is 5.59. The SMILES string of the molecule is CCOC(=O)c1sc2ncn(Cc3cc(C(C)=O)ccc3OC)c(=O)c2c1C. The second-order valence-electron chi connectivity index (χ2n) is 6.22. The highest BCUT2D eigenvalue weighted by molar-refractivity contribution is 7.20. The van der Waals surface area contributed by atoms with Gasteiger partial charge in [0.05, 0.1) is 32.0 Å². The van der Waals surface area contributed by atoms with E-state index in [1.807, 2.05) is 0 Å². The third-order valence-electron chi connectivity index (χ3n) is 4.41. The number of carbonyl (C=O) groups excluding carboxylic acids is 2. The number of carbonyl (C=O) groups is 2. The summed E-state index contributed by atoms with van der Waals surface area (Å²) in [7, 11) is 1.53. The lowest BCUT2D eigenvalue weighted by atomic mass is 10.1. The highest BCUT2D eigenvalue weighted by atomic mass is 32.1. The molecule has 146 valence electrons. The zero-order valence-corrected chi connectivity index (χ0v) is 16.9. The van der Waals surface area contributed by atoms with Gasteiger partial charge in [0.1, 0.15) is 15.5 Å². The van der Waals surface area contributed by atoms with Gasteiger partial charge in [0.2, 0.25) is 0 Å². The Labute approximate surface area is 165 Å². The van der Waals surface area contributed by atoms with Crippen LogP contribution < -0.4 is 10.3 Å². The van der Waals surface area contributed by atoms with Crippen LogP contribution >= 0.6 is 11.3 Å². The molecule has 0 radical (unpaired) electrons. The number of fused-ring (bicyclic) bond motifs is 1. The Hall–Kier alpha value is -3.00. The number of ether oxygens (including phenoxy) is 2. The largest absolute Gasteiger partial charge is 0.496 e. The molecule has 0 amide bonds. The molecule has 3 rings (SSSR count). The number of hydrogen-bond donors (Lipinski definition) is 0. The fourth-order valence-electron chi connectivity index (χ4n) is 2.97. The summed E-state index contributed by atoms with van der Waals surface area (Å²) in [4.78, 5) is 42.1. The number of ketones is 1. The fraction of sp³-hybridized carbons (Fsp3) is 0.300. The van der Waals surface area contributed by atoms with Crippen molar-refractivity contribution in [3.05, 3.63) is 56.4 Å². The van der Waals surface area contributed by atoms with Crippen molar-refractivity contribution in [3.8, 4) is 5.75 Å². The molecule has 0 N–H and O–H groups in total. The highest BCUT2D eigenvalue weighted by Gasteiger charge is 2.20. The molecule has 28 heavy (non-hydrogen) atoms. The van der Waals surface area contributed by atoms with Crippen molar-refractivity contribution in [3.63, 3.8) is 0 Å². The first-order chi connectivity index (χ1) is 13.4. The lowest BCUT2D eigenvalue weighted by Crippen LogP contribution is -2.21. The Balaban J connectivity index is 2.08. The minimum Gasteiger partial charge on any atom is -0.496 e. The first-order valence-electron chi connectivity index (χ1n) is 8.70. The number of esters is 1. The summed E-state index contributed by atoms with van der Waals surface area (Å²) in [6, 6.07) is 5.10. The fourth-order valence-corrected chi connectivity index (χ4v) is 4.00. The van der Waals surface area contributed by atoms with Gasteiger partial charge in [-0.1, -0.05) is 0 Å². The topological polar surface area (TPSA) is 87.5 Å². The average molecular weight is 400 g/mol. The van der Waals surface area contributed by atoms with Crippen molar-refractivity contribution in [2.45, 2.75) is 27.3 Å². The van der Waals surface area contributed by atoms with Crippen molar-refractivity contribution in [2.24, 2.45) is 0 Å². The summed E-state index contributed by atoms with van der Waals surface area (Å²) in [6.07, 6.45) is 1.44. The molecule has 0 saturated carbocycles. The average Bonchev–Trinajstić information content (AvgIpc) is 3.01. The molecule has 0 unspecified atom stereocenters. The standard InChI is InChI=1S/C20H20N2O5S/c1-5-27-20(25)17-11(2)16-18(28-17)21-10-22(19(16)24)9-14-8-13(12(3)23)6-7-15(14)26-4/h6-8,10H,5,9H2,1-4H3. The van der Waals surface area contributed by atoms with E-state index in [1.165, 1.54) is 24.9 Å².